The van der Waals surface area contributed by atoms with Crippen molar-refractivity contribution in [1.29, 1.82) is 0 Å². The molecule has 1 N–H and O–H groups in total. The number of hydrogen-bond donors (Lipinski definition) is 1. The number of carbonyl (C=O) groups is 1. The quantitative estimate of drug-likeness (QED) is 0.843. The molecule has 2 unspecified atom stereocenters. The summed E-state index contributed by atoms with van der Waals surface area (Å²) >= 11 is 0. The van der Waals surface area contributed by atoms with Gasteiger partial charge in [-0.25, -0.2) is 0 Å². The Kier molecular flexibility index (Phi) is 9.80. The summed E-state index contributed by atoms with van der Waals surface area (Å²) < 4.78 is 0. The van der Waals surface area contributed by atoms with Crippen molar-refractivity contribution in [3.8, 4) is 0 Å². The number of carbonyl (C=O) groups excluding carboxylic acids is 1. The van der Waals surface area contributed by atoms with Crippen molar-refractivity contribution >= 4 is 30.7 Å². The first-order chi connectivity index (χ1) is 11.2. The van der Waals surface area contributed by atoms with E-state index >= 15 is 0 Å². The van der Waals surface area contributed by atoms with Crippen LogP contribution in [0, 0.1) is 11.8 Å². The molecule has 1 aromatic carbocycles. The second-order valence-corrected chi connectivity index (χ2v) is 7.14. The zero-order valence-electron chi connectivity index (χ0n) is 15.0. The van der Waals surface area contributed by atoms with Gasteiger partial charge in [-0.1, -0.05) is 30.3 Å². The molecule has 3 rings (SSSR count). The molecular weight excluding hydrogens is 357 g/mol. The first kappa shape index (κ1) is 22.2. The van der Waals surface area contributed by atoms with Gasteiger partial charge in [0.15, 0.2) is 0 Å². The third-order valence-electron chi connectivity index (χ3n) is 5.17. The van der Waals surface area contributed by atoms with Crippen LogP contribution in [0.4, 0.5) is 0 Å². The second-order valence-electron chi connectivity index (χ2n) is 7.14. The first-order valence-corrected chi connectivity index (χ1v) is 8.94. The van der Waals surface area contributed by atoms with Crippen molar-refractivity contribution in [2.75, 3.05) is 39.8 Å². The highest BCUT2D eigenvalue weighted by Gasteiger charge is 2.28. The largest absolute Gasteiger partial charge is 0.345 e. The van der Waals surface area contributed by atoms with Crippen molar-refractivity contribution in [2.45, 2.75) is 25.8 Å². The van der Waals surface area contributed by atoms with Crippen LogP contribution in [0.25, 0.3) is 0 Å². The van der Waals surface area contributed by atoms with Crippen molar-refractivity contribution in [2.24, 2.45) is 11.8 Å². The van der Waals surface area contributed by atoms with Gasteiger partial charge < -0.3 is 10.2 Å². The van der Waals surface area contributed by atoms with E-state index in [9.17, 15) is 4.79 Å². The van der Waals surface area contributed by atoms with Gasteiger partial charge in [0.2, 0.25) is 5.91 Å². The van der Waals surface area contributed by atoms with Gasteiger partial charge in [-0.15, -0.1) is 24.8 Å². The minimum Gasteiger partial charge on any atom is -0.345 e. The Morgan fingerprint density at radius 3 is 2.68 bits per heavy atom. The van der Waals surface area contributed by atoms with Crippen LogP contribution in [-0.2, 0) is 11.3 Å². The summed E-state index contributed by atoms with van der Waals surface area (Å²) in [6.45, 7) is 6.10. The molecule has 25 heavy (non-hydrogen) atoms. The molecule has 4 nitrogen and oxygen atoms in total. The Morgan fingerprint density at radius 2 is 2.00 bits per heavy atom. The van der Waals surface area contributed by atoms with E-state index in [1.54, 1.807) is 0 Å². The number of piperidine rings is 1. The Bertz CT molecular complexity index is 509. The molecule has 0 spiro atoms. The number of benzene rings is 1. The van der Waals surface area contributed by atoms with Crippen molar-refractivity contribution < 1.29 is 4.79 Å². The molecule has 1 amide bonds. The highest BCUT2D eigenvalue weighted by molar-refractivity contribution is 5.85. The molecule has 2 fully saturated rings. The number of halogens is 2. The van der Waals surface area contributed by atoms with Crippen molar-refractivity contribution in [3.63, 3.8) is 0 Å². The number of hydrogen-bond acceptors (Lipinski definition) is 3. The summed E-state index contributed by atoms with van der Waals surface area (Å²) in [6, 6.07) is 10.7. The third-order valence-corrected chi connectivity index (χ3v) is 5.17. The molecule has 0 saturated carbocycles. The third kappa shape index (κ3) is 6.45. The molecule has 1 aromatic rings. The number of rotatable bonds is 5. The molecule has 2 aliphatic heterocycles. The normalized spacial score (nSPS) is 23.4. The van der Waals surface area contributed by atoms with E-state index < -0.39 is 0 Å². The van der Waals surface area contributed by atoms with Crippen LogP contribution in [0.2, 0.25) is 0 Å². The van der Waals surface area contributed by atoms with Crippen LogP contribution in [0.5, 0.6) is 0 Å². The predicted molar refractivity (Wildman–Crippen MR) is 108 cm³/mol. The molecule has 0 aromatic heterocycles. The minimum absolute atomic E-state index is 0. The Balaban J connectivity index is 0.00000156. The summed E-state index contributed by atoms with van der Waals surface area (Å²) in [5, 5.41) is 3.34. The molecule has 6 heteroatoms. The Labute approximate surface area is 164 Å². The van der Waals surface area contributed by atoms with Crippen molar-refractivity contribution in [1.82, 2.24) is 15.1 Å². The van der Waals surface area contributed by atoms with Gasteiger partial charge in [-0.3, -0.25) is 9.69 Å². The number of nitrogens with one attached hydrogen (secondary N) is 1. The van der Waals surface area contributed by atoms with Crippen LogP contribution in [-0.4, -0.2) is 55.5 Å². The van der Waals surface area contributed by atoms with Crippen LogP contribution >= 0.6 is 24.8 Å². The van der Waals surface area contributed by atoms with Crippen LogP contribution in [0.15, 0.2) is 30.3 Å². The van der Waals surface area contributed by atoms with Gasteiger partial charge in [0.25, 0.3) is 0 Å². The Hall–Kier alpha value is -0.810. The van der Waals surface area contributed by atoms with Crippen LogP contribution in [0.3, 0.4) is 0 Å². The molecule has 142 valence electrons. The van der Waals surface area contributed by atoms with E-state index in [0.29, 0.717) is 11.8 Å². The molecule has 2 atom stereocenters. The van der Waals surface area contributed by atoms with Gasteiger partial charge in [-0.2, -0.15) is 0 Å². The maximum absolute atomic E-state index is 12.5. The fourth-order valence-corrected chi connectivity index (χ4v) is 3.90. The number of nitrogens with zero attached hydrogens (tertiary/aromatic N) is 2. The highest BCUT2D eigenvalue weighted by atomic mass is 35.5. The number of likely N-dealkylation sites (tertiary alicyclic amines) is 1. The smallest absolute Gasteiger partial charge is 0.226 e. The fourth-order valence-electron chi connectivity index (χ4n) is 3.90. The molecule has 2 heterocycles. The Morgan fingerprint density at radius 1 is 1.24 bits per heavy atom. The van der Waals surface area contributed by atoms with Crippen LogP contribution < -0.4 is 5.32 Å². The highest BCUT2D eigenvalue weighted by Crippen LogP contribution is 2.21. The molecule has 0 aliphatic carbocycles. The van der Waals surface area contributed by atoms with E-state index in [0.717, 1.165) is 52.1 Å². The van der Waals surface area contributed by atoms with Gasteiger partial charge in [0.1, 0.15) is 0 Å². The molecule has 0 bridgehead atoms. The SMILES string of the molecule is CN(CC1CCN(Cc2ccccc2)C1)C(=O)C1CCCNC1.Cl.Cl. The van der Waals surface area contributed by atoms with Crippen molar-refractivity contribution in [3.05, 3.63) is 35.9 Å². The minimum atomic E-state index is 0. The zero-order chi connectivity index (χ0) is 16.1. The van der Waals surface area contributed by atoms with E-state index in [1.165, 1.54) is 12.0 Å². The summed E-state index contributed by atoms with van der Waals surface area (Å²) in [6.07, 6.45) is 3.37. The first-order valence-electron chi connectivity index (χ1n) is 8.94. The standard InChI is InChI=1S/C19H29N3O.2ClH/c1-21(19(23)18-8-5-10-20-12-18)13-17-9-11-22(15-17)14-16-6-3-2-4-7-16;;/h2-4,6-7,17-18,20H,5,8-15H2,1H3;2*1H. The summed E-state index contributed by atoms with van der Waals surface area (Å²) in [4.78, 5) is 17.0. The monoisotopic (exact) mass is 387 g/mol. The van der Waals surface area contributed by atoms with E-state index in [2.05, 4.69) is 40.5 Å². The molecule has 2 aliphatic rings. The lowest BCUT2D eigenvalue weighted by atomic mass is 9.97. The topological polar surface area (TPSA) is 35.6 Å². The average Bonchev–Trinajstić information content (AvgIpc) is 3.02. The lowest BCUT2D eigenvalue weighted by Crippen LogP contribution is -2.43. The molecule has 0 radical (unpaired) electrons. The average molecular weight is 388 g/mol. The number of amides is 1. The maximum Gasteiger partial charge on any atom is 0.226 e. The van der Waals surface area contributed by atoms with Gasteiger partial charge in [0.05, 0.1) is 5.92 Å². The van der Waals surface area contributed by atoms with E-state index in [1.807, 2.05) is 11.9 Å². The lowest BCUT2D eigenvalue weighted by Gasteiger charge is -2.28. The second kappa shape index (κ2) is 11.0. The zero-order valence-corrected chi connectivity index (χ0v) is 16.7. The lowest BCUT2D eigenvalue weighted by molar-refractivity contribution is -0.135. The molecular formula is C19H31Cl2N3O. The molecule has 2 saturated heterocycles. The predicted octanol–water partition coefficient (Wildman–Crippen LogP) is 2.81. The summed E-state index contributed by atoms with van der Waals surface area (Å²) in [5.41, 5.74) is 1.38. The van der Waals surface area contributed by atoms with Gasteiger partial charge in [-0.05, 0) is 43.8 Å². The van der Waals surface area contributed by atoms with Gasteiger partial charge in [0, 0.05) is 33.2 Å². The summed E-state index contributed by atoms with van der Waals surface area (Å²) in [5.74, 6) is 1.14. The van der Waals surface area contributed by atoms with Gasteiger partial charge >= 0.3 is 0 Å². The fraction of sp³-hybridized carbons (Fsp3) is 0.632. The van der Waals surface area contributed by atoms with E-state index in [4.69, 9.17) is 0 Å². The maximum atomic E-state index is 12.5. The van der Waals surface area contributed by atoms with E-state index in [-0.39, 0.29) is 30.7 Å². The summed E-state index contributed by atoms with van der Waals surface area (Å²) in [7, 11) is 1.98. The van der Waals surface area contributed by atoms with Crippen LogP contribution in [0.1, 0.15) is 24.8 Å².